The summed E-state index contributed by atoms with van der Waals surface area (Å²) in [7, 11) is 0. The highest BCUT2D eigenvalue weighted by Gasteiger charge is 2.13. The van der Waals surface area contributed by atoms with E-state index >= 15 is 0 Å². The zero-order valence-electron chi connectivity index (χ0n) is 15.0. The zero-order chi connectivity index (χ0) is 19.4. The van der Waals surface area contributed by atoms with E-state index in [1.807, 2.05) is 29.8 Å². The lowest BCUT2D eigenvalue weighted by Crippen LogP contribution is -2.30. The van der Waals surface area contributed by atoms with Crippen molar-refractivity contribution in [3.8, 4) is 0 Å². The smallest absolute Gasteiger partial charge is 0.253 e. The Labute approximate surface area is 166 Å². The van der Waals surface area contributed by atoms with E-state index in [-0.39, 0.29) is 11.8 Å². The van der Waals surface area contributed by atoms with Gasteiger partial charge in [0.1, 0.15) is 0 Å². The van der Waals surface area contributed by atoms with Crippen molar-refractivity contribution in [3.05, 3.63) is 58.3 Å². The molecule has 1 aromatic carbocycles. The van der Waals surface area contributed by atoms with E-state index in [4.69, 9.17) is 11.6 Å². The van der Waals surface area contributed by atoms with Crippen LogP contribution in [0.1, 0.15) is 29.9 Å². The molecule has 3 aromatic rings. The van der Waals surface area contributed by atoms with Gasteiger partial charge in [0.05, 0.1) is 5.69 Å². The first-order valence-corrected chi connectivity index (χ1v) is 9.78. The lowest BCUT2D eigenvalue weighted by Gasteiger charge is -2.18. The topological polar surface area (TPSA) is 66.7 Å². The van der Waals surface area contributed by atoms with Crippen molar-refractivity contribution in [3.63, 3.8) is 0 Å². The third kappa shape index (κ3) is 4.20. The number of nitrogens with zero attached hydrogens (tertiary/aromatic N) is 3. The molecule has 0 aliphatic heterocycles. The molecule has 0 spiro atoms. The fourth-order valence-electron chi connectivity index (χ4n) is 2.69. The molecule has 2 aromatic heterocycles. The molecule has 0 aliphatic rings. The van der Waals surface area contributed by atoms with Crippen LogP contribution in [0.5, 0.6) is 0 Å². The normalized spacial score (nSPS) is 11.2. The highest BCUT2D eigenvalue weighted by Crippen LogP contribution is 2.22. The SMILES string of the molecule is CCN(CC)C(=O)c1cccc(NC(=O)/C=C/c2c(Cl)nc3sccn23)c1. The van der Waals surface area contributed by atoms with Crippen molar-refractivity contribution in [2.75, 3.05) is 18.4 Å². The van der Waals surface area contributed by atoms with Crippen molar-refractivity contribution in [2.45, 2.75) is 13.8 Å². The second-order valence-corrected chi connectivity index (χ2v) is 6.96. The van der Waals surface area contributed by atoms with Crippen LogP contribution in [0.15, 0.2) is 41.9 Å². The lowest BCUT2D eigenvalue weighted by molar-refractivity contribution is -0.111. The maximum absolute atomic E-state index is 12.4. The number of carbonyl (C=O) groups excluding carboxylic acids is 2. The summed E-state index contributed by atoms with van der Waals surface area (Å²) in [4.78, 5) is 31.4. The van der Waals surface area contributed by atoms with Crippen LogP contribution in [-0.2, 0) is 4.79 Å². The predicted molar refractivity (Wildman–Crippen MR) is 109 cm³/mol. The molecule has 6 nitrogen and oxygen atoms in total. The number of rotatable bonds is 6. The van der Waals surface area contributed by atoms with Crippen molar-refractivity contribution >= 4 is 51.5 Å². The van der Waals surface area contributed by atoms with Gasteiger partial charge in [-0.15, -0.1) is 11.3 Å². The highest BCUT2D eigenvalue weighted by molar-refractivity contribution is 7.15. The van der Waals surface area contributed by atoms with Crippen molar-refractivity contribution in [1.82, 2.24) is 14.3 Å². The molecule has 0 atom stereocenters. The summed E-state index contributed by atoms with van der Waals surface area (Å²) in [5.74, 6) is -0.374. The number of imidazole rings is 1. The summed E-state index contributed by atoms with van der Waals surface area (Å²) in [5, 5.41) is 5.01. The fraction of sp³-hybridized carbons (Fsp3) is 0.211. The minimum Gasteiger partial charge on any atom is -0.339 e. The zero-order valence-corrected chi connectivity index (χ0v) is 16.5. The minimum absolute atomic E-state index is 0.0578. The molecular weight excluding hydrogens is 384 g/mol. The Morgan fingerprint density at radius 3 is 2.85 bits per heavy atom. The second kappa shape index (κ2) is 8.37. The average molecular weight is 403 g/mol. The average Bonchev–Trinajstić information content (AvgIpc) is 3.22. The van der Waals surface area contributed by atoms with E-state index in [1.54, 1.807) is 35.2 Å². The maximum atomic E-state index is 12.4. The van der Waals surface area contributed by atoms with Crippen LogP contribution >= 0.6 is 22.9 Å². The number of amides is 2. The summed E-state index contributed by atoms with van der Waals surface area (Å²) < 4.78 is 1.82. The summed E-state index contributed by atoms with van der Waals surface area (Å²) in [5.41, 5.74) is 1.75. The van der Waals surface area contributed by atoms with E-state index in [0.29, 0.717) is 35.2 Å². The van der Waals surface area contributed by atoms with Gasteiger partial charge in [0.25, 0.3) is 5.91 Å². The van der Waals surface area contributed by atoms with Gasteiger partial charge in [-0.3, -0.25) is 14.0 Å². The molecular formula is C19H19ClN4O2S. The molecule has 0 fully saturated rings. The number of hydrogen-bond acceptors (Lipinski definition) is 4. The van der Waals surface area contributed by atoms with Gasteiger partial charge in [-0.2, -0.15) is 0 Å². The Bertz CT molecular complexity index is 1000. The Morgan fingerprint density at radius 1 is 1.33 bits per heavy atom. The van der Waals surface area contributed by atoms with E-state index < -0.39 is 0 Å². The largest absolute Gasteiger partial charge is 0.339 e. The quantitative estimate of drug-likeness (QED) is 0.629. The number of benzene rings is 1. The molecule has 1 N–H and O–H groups in total. The third-order valence-electron chi connectivity index (χ3n) is 4.07. The van der Waals surface area contributed by atoms with E-state index in [2.05, 4.69) is 10.3 Å². The number of aromatic nitrogens is 2. The van der Waals surface area contributed by atoms with Crippen molar-refractivity contribution in [2.24, 2.45) is 0 Å². The molecule has 0 radical (unpaired) electrons. The summed E-state index contributed by atoms with van der Waals surface area (Å²) in [6.45, 7) is 5.14. The molecule has 2 amide bonds. The van der Waals surface area contributed by atoms with Gasteiger partial charge in [0.2, 0.25) is 5.91 Å². The number of thiazole rings is 1. The first-order valence-electron chi connectivity index (χ1n) is 8.53. The molecule has 2 heterocycles. The van der Waals surface area contributed by atoms with Crippen molar-refractivity contribution in [1.29, 1.82) is 0 Å². The first-order chi connectivity index (χ1) is 13.0. The molecule has 140 valence electrons. The van der Waals surface area contributed by atoms with Crippen LogP contribution < -0.4 is 5.32 Å². The van der Waals surface area contributed by atoms with Gasteiger partial charge in [0.15, 0.2) is 10.1 Å². The molecule has 8 heteroatoms. The van der Waals surface area contributed by atoms with Crippen LogP contribution in [0.3, 0.4) is 0 Å². The number of nitrogens with one attached hydrogen (secondary N) is 1. The fourth-order valence-corrected chi connectivity index (χ4v) is 3.69. The van der Waals surface area contributed by atoms with Gasteiger partial charge in [0, 0.05) is 42.0 Å². The lowest BCUT2D eigenvalue weighted by atomic mass is 10.1. The number of anilines is 1. The Morgan fingerprint density at radius 2 is 2.11 bits per heavy atom. The van der Waals surface area contributed by atoms with Crippen LogP contribution in [-0.4, -0.2) is 39.2 Å². The van der Waals surface area contributed by atoms with E-state index in [9.17, 15) is 9.59 Å². The van der Waals surface area contributed by atoms with Crippen LogP contribution in [0.2, 0.25) is 5.15 Å². The van der Waals surface area contributed by atoms with Gasteiger partial charge >= 0.3 is 0 Å². The van der Waals surface area contributed by atoms with Crippen LogP contribution in [0.4, 0.5) is 5.69 Å². The molecule has 0 bridgehead atoms. The molecule has 27 heavy (non-hydrogen) atoms. The third-order valence-corrected chi connectivity index (χ3v) is 5.11. The Hall–Kier alpha value is -2.64. The molecule has 0 aliphatic carbocycles. The standard InChI is InChI=1S/C19H19ClN4O2S/c1-3-23(4-2)18(26)13-6-5-7-14(12-13)21-16(25)9-8-15-17(20)22-19-24(15)10-11-27-19/h5-12H,3-4H2,1-2H3,(H,21,25)/b9-8+. The monoisotopic (exact) mass is 402 g/mol. The van der Waals surface area contributed by atoms with Crippen LogP contribution in [0, 0.1) is 0 Å². The molecule has 0 saturated carbocycles. The first kappa shape index (κ1) is 19.1. The van der Waals surface area contributed by atoms with Gasteiger partial charge in [-0.05, 0) is 38.1 Å². The van der Waals surface area contributed by atoms with Crippen molar-refractivity contribution < 1.29 is 9.59 Å². The number of fused-ring (bicyclic) bond motifs is 1. The second-order valence-electron chi connectivity index (χ2n) is 5.72. The minimum atomic E-state index is -0.316. The Kier molecular flexibility index (Phi) is 5.93. The molecule has 0 unspecified atom stereocenters. The van der Waals surface area contributed by atoms with E-state index in [0.717, 1.165) is 4.96 Å². The van der Waals surface area contributed by atoms with Gasteiger partial charge < -0.3 is 10.2 Å². The number of carbonyl (C=O) groups is 2. The predicted octanol–water partition coefficient (Wildman–Crippen LogP) is 4.18. The van der Waals surface area contributed by atoms with E-state index in [1.165, 1.54) is 17.4 Å². The Balaban J connectivity index is 1.73. The summed E-state index contributed by atoms with van der Waals surface area (Å²) in [6, 6.07) is 6.91. The number of halogens is 1. The highest BCUT2D eigenvalue weighted by atomic mass is 35.5. The number of hydrogen-bond donors (Lipinski definition) is 1. The molecule has 3 rings (SSSR count). The van der Waals surface area contributed by atoms with Crippen LogP contribution in [0.25, 0.3) is 11.0 Å². The maximum Gasteiger partial charge on any atom is 0.253 e. The van der Waals surface area contributed by atoms with Gasteiger partial charge in [-0.1, -0.05) is 17.7 Å². The summed E-state index contributed by atoms with van der Waals surface area (Å²) in [6.07, 6.45) is 4.86. The van der Waals surface area contributed by atoms with Gasteiger partial charge in [-0.25, -0.2) is 4.98 Å². The summed E-state index contributed by atoms with van der Waals surface area (Å²) >= 11 is 7.58. The molecule has 0 saturated heterocycles.